The molecule has 0 amide bonds. The van der Waals surface area contributed by atoms with Gasteiger partial charge in [0.25, 0.3) is 0 Å². The summed E-state index contributed by atoms with van der Waals surface area (Å²) in [7, 11) is -2.91. The summed E-state index contributed by atoms with van der Waals surface area (Å²) >= 11 is 0. The molecule has 1 aliphatic heterocycles. The predicted octanol–water partition coefficient (Wildman–Crippen LogP) is 1.44. The van der Waals surface area contributed by atoms with Crippen LogP contribution in [-0.4, -0.2) is 37.5 Å². The van der Waals surface area contributed by atoms with Crippen molar-refractivity contribution in [3.05, 3.63) is 12.4 Å². The molecule has 0 aromatic heterocycles. The molecule has 0 saturated carbocycles. The van der Waals surface area contributed by atoms with Crippen molar-refractivity contribution in [1.82, 2.24) is 9.21 Å². The van der Waals surface area contributed by atoms with Gasteiger partial charge in [-0.3, -0.25) is 0 Å². The SMILES string of the molecule is CC1N(C)C=CN1S(=O)(=O)F.FC(F)F. The Morgan fingerprint density at radius 2 is 1.67 bits per heavy atom. The van der Waals surface area contributed by atoms with Crippen LogP contribution in [0.5, 0.6) is 0 Å². The fourth-order valence-corrected chi connectivity index (χ4v) is 1.57. The molecule has 1 heterocycles. The Morgan fingerprint density at radius 3 is 1.80 bits per heavy atom. The third-order valence-electron chi connectivity index (χ3n) is 1.66. The van der Waals surface area contributed by atoms with Gasteiger partial charge >= 0.3 is 17.1 Å². The molecule has 90 valence electrons. The van der Waals surface area contributed by atoms with Gasteiger partial charge < -0.3 is 4.90 Å². The molecule has 1 rings (SSSR count). The lowest BCUT2D eigenvalue weighted by atomic mass is 10.6. The fourth-order valence-electron chi connectivity index (χ4n) is 0.854. The van der Waals surface area contributed by atoms with E-state index in [1.165, 1.54) is 12.4 Å². The molecule has 1 atom stereocenters. The van der Waals surface area contributed by atoms with Gasteiger partial charge in [-0.2, -0.15) is 21.6 Å². The van der Waals surface area contributed by atoms with Crippen molar-refractivity contribution in [2.45, 2.75) is 19.8 Å². The average molecular weight is 250 g/mol. The number of hydrogen-bond acceptors (Lipinski definition) is 3. The van der Waals surface area contributed by atoms with E-state index in [0.717, 1.165) is 0 Å². The third-order valence-corrected chi connectivity index (χ3v) is 2.59. The highest BCUT2D eigenvalue weighted by molar-refractivity contribution is 7.84. The summed E-state index contributed by atoms with van der Waals surface area (Å²) < 4.78 is 62.7. The Bertz CT molecular complexity index is 316. The maximum absolute atomic E-state index is 12.3. The van der Waals surface area contributed by atoms with Gasteiger partial charge in [0, 0.05) is 19.4 Å². The van der Waals surface area contributed by atoms with Crippen LogP contribution < -0.4 is 0 Å². The van der Waals surface area contributed by atoms with Crippen molar-refractivity contribution in [3.8, 4) is 0 Å². The van der Waals surface area contributed by atoms with Crippen LogP contribution in [0.2, 0.25) is 0 Å². The molecule has 0 saturated heterocycles. The van der Waals surface area contributed by atoms with E-state index in [-0.39, 0.29) is 0 Å². The van der Waals surface area contributed by atoms with Crippen molar-refractivity contribution in [3.63, 3.8) is 0 Å². The molecule has 1 unspecified atom stereocenters. The lowest BCUT2D eigenvalue weighted by Crippen LogP contribution is -2.35. The van der Waals surface area contributed by atoms with E-state index in [9.17, 15) is 25.5 Å². The van der Waals surface area contributed by atoms with Crippen LogP contribution in [0.4, 0.5) is 17.1 Å². The lowest BCUT2D eigenvalue weighted by molar-refractivity contribution is 0.00819. The monoisotopic (exact) mass is 250 g/mol. The summed E-state index contributed by atoms with van der Waals surface area (Å²) in [5.74, 6) is 0. The fraction of sp³-hybridized carbons (Fsp3) is 0.667. The van der Waals surface area contributed by atoms with Crippen molar-refractivity contribution in [1.29, 1.82) is 0 Å². The summed E-state index contributed by atoms with van der Waals surface area (Å²) in [6, 6.07) is 0. The second-order valence-electron chi connectivity index (χ2n) is 2.61. The normalized spacial score (nSPS) is 20.6. The summed E-state index contributed by atoms with van der Waals surface area (Å²) in [5.41, 5.74) is 0. The molecule has 0 aromatic carbocycles. The van der Waals surface area contributed by atoms with Crippen LogP contribution in [0.3, 0.4) is 0 Å². The van der Waals surface area contributed by atoms with Gasteiger partial charge in [0.2, 0.25) is 0 Å². The first kappa shape index (κ1) is 14.0. The van der Waals surface area contributed by atoms with E-state index < -0.39 is 23.3 Å². The maximum atomic E-state index is 12.3. The van der Waals surface area contributed by atoms with Crippen molar-refractivity contribution in [2.24, 2.45) is 0 Å². The second-order valence-corrected chi connectivity index (χ2v) is 3.86. The second kappa shape index (κ2) is 5.19. The van der Waals surface area contributed by atoms with Crippen molar-refractivity contribution < 1.29 is 25.5 Å². The van der Waals surface area contributed by atoms with Gasteiger partial charge in [-0.15, -0.1) is 0 Å². The van der Waals surface area contributed by atoms with Gasteiger partial charge in [-0.25, -0.2) is 4.31 Å². The van der Waals surface area contributed by atoms with E-state index in [2.05, 4.69) is 0 Å². The number of hydrogen-bond donors (Lipinski definition) is 0. The molecular formula is C6H10F4N2O2S. The Balaban J connectivity index is 0.000000423. The Kier molecular flexibility index (Phi) is 4.85. The highest BCUT2D eigenvalue weighted by atomic mass is 32.3. The molecule has 0 spiro atoms. The van der Waals surface area contributed by atoms with Crippen LogP contribution in [-0.2, 0) is 10.4 Å². The highest BCUT2D eigenvalue weighted by Gasteiger charge is 2.28. The largest absolute Gasteiger partial charge is 0.400 e. The van der Waals surface area contributed by atoms with E-state index in [0.29, 0.717) is 4.31 Å². The van der Waals surface area contributed by atoms with Crippen LogP contribution in [0.25, 0.3) is 0 Å². The number of rotatable bonds is 1. The lowest BCUT2D eigenvalue weighted by Gasteiger charge is -2.22. The van der Waals surface area contributed by atoms with E-state index >= 15 is 0 Å². The quantitative estimate of drug-likeness (QED) is 0.522. The summed E-state index contributed by atoms with van der Waals surface area (Å²) in [6.45, 7) is -2.07. The predicted molar refractivity (Wildman–Crippen MR) is 45.3 cm³/mol. The first-order valence-electron chi connectivity index (χ1n) is 3.72. The van der Waals surface area contributed by atoms with Gasteiger partial charge in [0.05, 0.1) is 0 Å². The third kappa shape index (κ3) is 4.86. The highest BCUT2D eigenvalue weighted by Crippen LogP contribution is 2.17. The van der Waals surface area contributed by atoms with Gasteiger partial charge in [-0.05, 0) is 6.92 Å². The van der Waals surface area contributed by atoms with Gasteiger partial charge in [0.15, 0.2) is 0 Å². The standard InChI is InChI=1S/C5H9FN2O2S.CHF3/c1-5-7(2)3-4-8(5)11(6,9)10;2-1(3)4/h3-5H,1-2H3;1H. The van der Waals surface area contributed by atoms with Crippen molar-refractivity contribution >= 4 is 10.4 Å². The van der Waals surface area contributed by atoms with Crippen molar-refractivity contribution in [2.75, 3.05) is 7.05 Å². The van der Waals surface area contributed by atoms with E-state index in [1.807, 2.05) is 0 Å². The maximum Gasteiger partial charge on any atom is 0.400 e. The molecule has 0 N–H and O–H groups in total. The van der Waals surface area contributed by atoms with Crippen LogP contribution in [0.1, 0.15) is 6.92 Å². The average Bonchev–Trinajstić information content (AvgIpc) is 2.29. The molecule has 4 nitrogen and oxygen atoms in total. The van der Waals surface area contributed by atoms with Gasteiger partial charge in [0.1, 0.15) is 6.17 Å². The zero-order chi connectivity index (χ0) is 12.2. The Labute approximate surface area is 85.1 Å². The molecule has 0 fully saturated rings. The Hall–Kier alpha value is -0.990. The molecule has 0 aliphatic carbocycles. The molecule has 0 bridgehead atoms. The molecule has 1 aliphatic rings. The topological polar surface area (TPSA) is 40.6 Å². The number of halogens is 4. The van der Waals surface area contributed by atoms with Crippen LogP contribution in [0, 0.1) is 0 Å². The van der Waals surface area contributed by atoms with Crippen LogP contribution in [0.15, 0.2) is 12.4 Å². The summed E-state index contributed by atoms with van der Waals surface area (Å²) in [5, 5.41) is 0. The van der Waals surface area contributed by atoms with E-state index in [4.69, 9.17) is 0 Å². The summed E-state index contributed by atoms with van der Waals surface area (Å²) in [4.78, 5) is 1.59. The smallest absolute Gasteiger partial charge is 0.358 e. The molecule has 9 heteroatoms. The number of alkyl halides is 3. The van der Waals surface area contributed by atoms with Crippen LogP contribution >= 0.6 is 0 Å². The molecule has 0 aromatic rings. The van der Waals surface area contributed by atoms with Gasteiger partial charge in [-0.1, -0.05) is 3.89 Å². The minimum Gasteiger partial charge on any atom is -0.358 e. The first-order valence-corrected chi connectivity index (χ1v) is 5.06. The first-order chi connectivity index (χ1) is 6.66. The zero-order valence-corrected chi connectivity index (χ0v) is 8.76. The minimum atomic E-state index is -4.58. The van der Waals surface area contributed by atoms with E-state index in [1.54, 1.807) is 18.9 Å². The molecular weight excluding hydrogens is 240 g/mol. The molecule has 15 heavy (non-hydrogen) atoms. The minimum absolute atomic E-state index is 0.468. The zero-order valence-electron chi connectivity index (χ0n) is 7.94. The number of nitrogens with zero attached hydrogens (tertiary/aromatic N) is 2. The molecule has 0 radical (unpaired) electrons. The summed E-state index contributed by atoms with van der Waals surface area (Å²) in [6.07, 6.45) is 2.23. The Morgan fingerprint density at radius 1 is 1.27 bits per heavy atom.